The Morgan fingerprint density at radius 1 is 0.938 bits per heavy atom. The lowest BCUT2D eigenvalue weighted by molar-refractivity contribution is -0.122. The zero-order valence-corrected chi connectivity index (χ0v) is 18.3. The molecule has 0 unspecified atom stereocenters. The molecule has 0 saturated carbocycles. The highest BCUT2D eigenvalue weighted by molar-refractivity contribution is 6.02. The van der Waals surface area contributed by atoms with Crippen molar-refractivity contribution in [2.75, 3.05) is 21.3 Å². The van der Waals surface area contributed by atoms with Crippen LogP contribution >= 0.6 is 0 Å². The normalized spacial score (nSPS) is 20.3. The van der Waals surface area contributed by atoms with Gasteiger partial charge in [0.2, 0.25) is 5.91 Å². The topological polar surface area (TPSA) is 90.9 Å². The molecule has 0 bridgehead atoms. The zero-order chi connectivity index (χ0) is 22.8. The maximum atomic E-state index is 13.3. The number of hydrogen-bond donors (Lipinski definition) is 1. The van der Waals surface area contributed by atoms with Gasteiger partial charge in [0.25, 0.3) is 0 Å². The molecule has 7 nitrogen and oxygen atoms in total. The molecule has 2 aromatic carbocycles. The minimum absolute atomic E-state index is 0.00293. The van der Waals surface area contributed by atoms with Crippen LogP contribution in [0, 0.1) is 0 Å². The highest BCUT2D eigenvalue weighted by atomic mass is 16.5. The van der Waals surface area contributed by atoms with E-state index in [0.717, 1.165) is 11.1 Å². The van der Waals surface area contributed by atoms with Crippen LogP contribution in [0.15, 0.2) is 53.7 Å². The summed E-state index contributed by atoms with van der Waals surface area (Å²) in [6, 6.07) is 12.4. The maximum absolute atomic E-state index is 13.3. The van der Waals surface area contributed by atoms with Crippen molar-refractivity contribution in [3.8, 4) is 11.5 Å². The fourth-order valence-corrected chi connectivity index (χ4v) is 4.59. The summed E-state index contributed by atoms with van der Waals surface area (Å²) in [6.45, 7) is 0. The number of methoxy groups -OCH3 is 3. The number of nitrogens with one attached hydrogen (secondary N) is 1. The molecule has 2 aliphatic rings. The molecule has 0 radical (unpaired) electrons. The third kappa shape index (κ3) is 3.98. The first-order valence-corrected chi connectivity index (χ1v) is 10.4. The molecule has 1 heterocycles. The molecule has 0 spiro atoms. The number of carbonyl (C=O) groups is 3. The molecule has 2 atom stereocenters. The number of carbonyl (C=O) groups excluding carboxylic acids is 3. The van der Waals surface area contributed by atoms with E-state index >= 15 is 0 Å². The van der Waals surface area contributed by atoms with E-state index in [1.165, 1.54) is 7.11 Å². The summed E-state index contributed by atoms with van der Waals surface area (Å²) in [5.41, 5.74) is 3.44. The van der Waals surface area contributed by atoms with Gasteiger partial charge in [-0.15, -0.1) is 0 Å². The van der Waals surface area contributed by atoms with Crippen molar-refractivity contribution in [2.45, 2.75) is 31.1 Å². The number of rotatable bonds is 5. The zero-order valence-electron chi connectivity index (χ0n) is 18.3. The standard InChI is InChI=1S/C25H25NO6/c1-30-17-8-9-22(31-2)18(12-17)16-10-20-24(21(27)11-16)19(13-23(28)26-20)14-4-6-15(7-5-14)25(29)32-3/h4-9,12,16,19H,10-11,13H2,1-3H3,(H,26,28)/t16-,19-/m0/s1. The minimum atomic E-state index is -0.429. The quantitative estimate of drug-likeness (QED) is 0.723. The average molecular weight is 435 g/mol. The van der Waals surface area contributed by atoms with Crippen LogP contribution in [0.25, 0.3) is 0 Å². The van der Waals surface area contributed by atoms with Gasteiger partial charge in [0, 0.05) is 41.5 Å². The lowest BCUT2D eigenvalue weighted by Gasteiger charge is -2.35. The molecule has 2 aromatic rings. The van der Waals surface area contributed by atoms with E-state index < -0.39 is 5.97 Å². The summed E-state index contributed by atoms with van der Waals surface area (Å²) in [4.78, 5) is 37.6. The van der Waals surface area contributed by atoms with Gasteiger partial charge < -0.3 is 19.5 Å². The molecular weight excluding hydrogens is 410 g/mol. The van der Waals surface area contributed by atoms with E-state index in [4.69, 9.17) is 14.2 Å². The second-order valence-electron chi connectivity index (χ2n) is 7.95. The molecule has 1 aliphatic carbocycles. The first-order chi connectivity index (χ1) is 15.4. The lowest BCUT2D eigenvalue weighted by atomic mass is 9.73. The van der Waals surface area contributed by atoms with Gasteiger partial charge >= 0.3 is 5.97 Å². The highest BCUT2D eigenvalue weighted by Gasteiger charge is 2.39. The minimum Gasteiger partial charge on any atom is -0.497 e. The van der Waals surface area contributed by atoms with E-state index in [9.17, 15) is 14.4 Å². The van der Waals surface area contributed by atoms with Crippen LogP contribution in [0.4, 0.5) is 0 Å². The van der Waals surface area contributed by atoms with Crippen LogP contribution in [-0.4, -0.2) is 39.0 Å². The molecule has 32 heavy (non-hydrogen) atoms. The van der Waals surface area contributed by atoms with Gasteiger partial charge in [0.1, 0.15) is 11.5 Å². The number of hydrogen-bond acceptors (Lipinski definition) is 6. The molecule has 4 rings (SSSR count). The summed E-state index contributed by atoms with van der Waals surface area (Å²) in [5.74, 6) is 0.342. The van der Waals surface area contributed by atoms with Gasteiger partial charge in [0.05, 0.1) is 26.9 Å². The first-order valence-electron chi connectivity index (χ1n) is 10.4. The van der Waals surface area contributed by atoms with Crippen molar-refractivity contribution in [3.63, 3.8) is 0 Å². The van der Waals surface area contributed by atoms with Gasteiger partial charge in [-0.25, -0.2) is 4.79 Å². The molecular formula is C25H25NO6. The second kappa shape index (κ2) is 8.86. The molecule has 0 aromatic heterocycles. The molecule has 1 amide bonds. The predicted octanol–water partition coefficient (Wildman–Crippen LogP) is 3.49. The monoisotopic (exact) mass is 435 g/mol. The smallest absolute Gasteiger partial charge is 0.337 e. The largest absolute Gasteiger partial charge is 0.497 e. The van der Waals surface area contributed by atoms with E-state index in [2.05, 4.69) is 5.32 Å². The maximum Gasteiger partial charge on any atom is 0.337 e. The van der Waals surface area contributed by atoms with Gasteiger partial charge in [-0.3, -0.25) is 9.59 Å². The first kappa shape index (κ1) is 21.6. The number of ether oxygens (including phenoxy) is 3. The van der Waals surface area contributed by atoms with Crippen molar-refractivity contribution in [2.24, 2.45) is 0 Å². The third-order valence-electron chi connectivity index (χ3n) is 6.15. The van der Waals surface area contributed by atoms with Crippen LogP contribution in [0.1, 0.15) is 52.6 Å². The summed E-state index contributed by atoms with van der Waals surface area (Å²) in [5, 5.41) is 2.93. The number of esters is 1. The fraction of sp³-hybridized carbons (Fsp3) is 0.320. The Bertz CT molecular complexity index is 1100. The van der Waals surface area contributed by atoms with Gasteiger partial charge in [-0.2, -0.15) is 0 Å². The Morgan fingerprint density at radius 3 is 2.34 bits per heavy atom. The van der Waals surface area contributed by atoms with Crippen LogP contribution in [0.5, 0.6) is 11.5 Å². The predicted molar refractivity (Wildman–Crippen MR) is 117 cm³/mol. The van der Waals surface area contributed by atoms with Crippen LogP contribution in [0.3, 0.4) is 0 Å². The van der Waals surface area contributed by atoms with Crippen LogP contribution in [-0.2, 0) is 14.3 Å². The number of Topliss-reactive ketones (excluding diaryl/α,β-unsaturated/α-hetero) is 1. The van der Waals surface area contributed by atoms with Gasteiger partial charge in [0.15, 0.2) is 5.78 Å². The van der Waals surface area contributed by atoms with Crippen molar-refractivity contribution in [1.82, 2.24) is 5.32 Å². The Labute approximate surface area is 186 Å². The molecule has 1 N–H and O–H groups in total. The molecule has 1 aliphatic heterocycles. The summed E-state index contributed by atoms with van der Waals surface area (Å²) in [7, 11) is 4.51. The number of amides is 1. The van der Waals surface area contributed by atoms with E-state index in [-0.39, 0.29) is 29.9 Å². The second-order valence-corrected chi connectivity index (χ2v) is 7.95. The van der Waals surface area contributed by atoms with Crippen molar-refractivity contribution in [3.05, 3.63) is 70.4 Å². The van der Waals surface area contributed by atoms with Crippen molar-refractivity contribution >= 4 is 17.7 Å². The molecule has 7 heteroatoms. The van der Waals surface area contributed by atoms with Crippen LogP contribution in [0.2, 0.25) is 0 Å². The highest BCUT2D eigenvalue weighted by Crippen LogP contribution is 2.45. The SMILES string of the molecule is COC(=O)c1ccc([C@@H]2CC(=O)NC3=C2C(=O)C[C@@H](c2cc(OC)ccc2OC)C3)cc1. The molecule has 0 fully saturated rings. The summed E-state index contributed by atoms with van der Waals surface area (Å²) < 4.78 is 15.6. The van der Waals surface area contributed by atoms with Gasteiger partial charge in [-0.1, -0.05) is 12.1 Å². The Morgan fingerprint density at radius 2 is 1.69 bits per heavy atom. The number of ketones is 1. The fourth-order valence-electron chi connectivity index (χ4n) is 4.59. The van der Waals surface area contributed by atoms with E-state index in [1.807, 2.05) is 18.2 Å². The van der Waals surface area contributed by atoms with Crippen molar-refractivity contribution in [1.29, 1.82) is 0 Å². The lowest BCUT2D eigenvalue weighted by Crippen LogP contribution is -2.38. The molecule has 166 valence electrons. The van der Waals surface area contributed by atoms with Gasteiger partial charge in [-0.05, 0) is 42.3 Å². The van der Waals surface area contributed by atoms with E-state index in [1.54, 1.807) is 38.5 Å². The Kier molecular flexibility index (Phi) is 5.99. The average Bonchev–Trinajstić information content (AvgIpc) is 2.82. The Balaban J connectivity index is 1.69. The van der Waals surface area contributed by atoms with E-state index in [0.29, 0.717) is 41.2 Å². The van der Waals surface area contributed by atoms with Crippen molar-refractivity contribution < 1.29 is 28.6 Å². The summed E-state index contributed by atoms with van der Waals surface area (Å²) >= 11 is 0. The Hall–Kier alpha value is -3.61. The number of allylic oxidation sites excluding steroid dienone is 2. The molecule has 0 saturated heterocycles. The van der Waals surface area contributed by atoms with Crippen LogP contribution < -0.4 is 14.8 Å². The summed E-state index contributed by atoms with van der Waals surface area (Å²) in [6.07, 6.45) is 1.03. The third-order valence-corrected chi connectivity index (χ3v) is 6.15. The number of benzene rings is 2.